The molecule has 2 aromatic rings. The summed E-state index contributed by atoms with van der Waals surface area (Å²) >= 11 is 12.3. The zero-order chi connectivity index (χ0) is 15.6. The van der Waals surface area contributed by atoms with Gasteiger partial charge in [-0.05, 0) is 45.8 Å². The van der Waals surface area contributed by atoms with Crippen molar-refractivity contribution in [3.63, 3.8) is 0 Å². The summed E-state index contributed by atoms with van der Waals surface area (Å²) in [6.07, 6.45) is 0. The standard InChI is InChI=1S/C13H11Br2ClN2O2S/c14-9-5-11(15)13(12(17)6-9)21(19,20)18-7-8-2-1-3-10(16)4-8/h1-6,18H,7,17H2. The number of nitrogens with one attached hydrogen (secondary N) is 1. The van der Waals surface area contributed by atoms with Gasteiger partial charge >= 0.3 is 0 Å². The molecule has 0 amide bonds. The minimum absolute atomic E-state index is 0.0210. The number of hydrogen-bond donors (Lipinski definition) is 2. The highest BCUT2D eigenvalue weighted by Gasteiger charge is 2.21. The molecule has 0 aliphatic rings. The average Bonchev–Trinajstić information content (AvgIpc) is 2.35. The maximum absolute atomic E-state index is 12.4. The second-order valence-electron chi connectivity index (χ2n) is 4.26. The van der Waals surface area contributed by atoms with E-state index in [1.165, 1.54) is 0 Å². The highest BCUT2D eigenvalue weighted by molar-refractivity contribution is 9.11. The number of nitrogen functional groups attached to an aromatic ring is 1. The maximum Gasteiger partial charge on any atom is 0.244 e. The minimum Gasteiger partial charge on any atom is -0.398 e. The molecule has 0 fully saturated rings. The number of halogens is 3. The first-order chi connectivity index (χ1) is 9.79. The van der Waals surface area contributed by atoms with E-state index in [1.807, 2.05) is 0 Å². The third-order valence-electron chi connectivity index (χ3n) is 2.66. The van der Waals surface area contributed by atoms with E-state index in [2.05, 4.69) is 36.6 Å². The van der Waals surface area contributed by atoms with Crippen molar-refractivity contribution in [2.24, 2.45) is 0 Å². The summed E-state index contributed by atoms with van der Waals surface area (Å²) in [4.78, 5) is 0.0210. The van der Waals surface area contributed by atoms with Crippen molar-refractivity contribution < 1.29 is 8.42 Å². The van der Waals surface area contributed by atoms with Gasteiger partial charge in [0.2, 0.25) is 10.0 Å². The Morgan fingerprint density at radius 2 is 1.90 bits per heavy atom. The summed E-state index contributed by atoms with van der Waals surface area (Å²) in [5.41, 5.74) is 6.72. The molecule has 2 rings (SSSR count). The molecule has 0 aliphatic heterocycles. The summed E-state index contributed by atoms with van der Waals surface area (Å²) in [6, 6.07) is 10.1. The van der Waals surface area contributed by atoms with Crippen molar-refractivity contribution in [1.82, 2.24) is 4.72 Å². The molecule has 2 aromatic carbocycles. The molecular formula is C13H11Br2ClN2O2S. The largest absolute Gasteiger partial charge is 0.398 e. The van der Waals surface area contributed by atoms with E-state index in [0.717, 1.165) is 5.56 Å². The van der Waals surface area contributed by atoms with Crippen LogP contribution in [0.25, 0.3) is 0 Å². The maximum atomic E-state index is 12.4. The Morgan fingerprint density at radius 1 is 1.19 bits per heavy atom. The van der Waals surface area contributed by atoms with Gasteiger partial charge in [0.05, 0.1) is 5.69 Å². The lowest BCUT2D eigenvalue weighted by Crippen LogP contribution is -2.24. The van der Waals surface area contributed by atoms with Crippen LogP contribution in [-0.2, 0) is 16.6 Å². The van der Waals surface area contributed by atoms with Gasteiger partial charge in [0.25, 0.3) is 0 Å². The molecule has 0 unspecified atom stereocenters. The molecule has 21 heavy (non-hydrogen) atoms. The van der Waals surface area contributed by atoms with Crippen LogP contribution in [-0.4, -0.2) is 8.42 Å². The van der Waals surface area contributed by atoms with E-state index in [1.54, 1.807) is 36.4 Å². The fourth-order valence-electron chi connectivity index (χ4n) is 1.76. The molecule has 0 bridgehead atoms. The van der Waals surface area contributed by atoms with Crippen LogP contribution in [0.15, 0.2) is 50.2 Å². The van der Waals surface area contributed by atoms with E-state index in [9.17, 15) is 8.42 Å². The van der Waals surface area contributed by atoms with Crippen molar-refractivity contribution in [2.75, 3.05) is 5.73 Å². The molecule has 0 saturated heterocycles. The van der Waals surface area contributed by atoms with Crippen LogP contribution in [0.2, 0.25) is 5.02 Å². The highest BCUT2D eigenvalue weighted by Crippen LogP contribution is 2.31. The Kier molecular flexibility index (Phi) is 5.32. The Labute approximate surface area is 145 Å². The normalized spacial score (nSPS) is 11.6. The van der Waals surface area contributed by atoms with Crippen molar-refractivity contribution in [3.8, 4) is 0 Å². The molecule has 0 saturated carbocycles. The Bertz CT molecular complexity index is 758. The smallest absolute Gasteiger partial charge is 0.244 e. The molecule has 0 atom stereocenters. The Hall–Kier alpha value is -0.600. The zero-order valence-electron chi connectivity index (χ0n) is 10.6. The first-order valence-electron chi connectivity index (χ1n) is 5.78. The van der Waals surface area contributed by atoms with Gasteiger partial charge in [-0.3, -0.25) is 0 Å². The van der Waals surface area contributed by atoms with Crippen LogP contribution < -0.4 is 10.5 Å². The Morgan fingerprint density at radius 3 is 2.52 bits per heavy atom. The number of rotatable bonds is 4. The zero-order valence-corrected chi connectivity index (χ0v) is 15.4. The summed E-state index contributed by atoms with van der Waals surface area (Å²) in [5, 5.41) is 0.552. The van der Waals surface area contributed by atoms with Crippen molar-refractivity contribution >= 4 is 59.2 Å². The summed E-state index contributed by atoms with van der Waals surface area (Å²) in [5.74, 6) is 0. The molecule has 0 spiro atoms. The Balaban J connectivity index is 2.27. The van der Waals surface area contributed by atoms with Gasteiger partial charge < -0.3 is 5.73 Å². The van der Waals surface area contributed by atoms with Crippen molar-refractivity contribution in [3.05, 3.63) is 55.9 Å². The molecule has 3 N–H and O–H groups in total. The first kappa shape index (κ1) is 16.8. The molecule has 0 heterocycles. The van der Waals surface area contributed by atoms with Gasteiger partial charge in [0, 0.05) is 20.5 Å². The third-order valence-corrected chi connectivity index (χ3v) is 5.76. The van der Waals surface area contributed by atoms with E-state index in [0.29, 0.717) is 14.0 Å². The molecule has 0 radical (unpaired) electrons. The second-order valence-corrected chi connectivity index (χ2v) is 8.17. The number of nitrogens with two attached hydrogens (primary N) is 1. The monoisotopic (exact) mass is 452 g/mol. The predicted molar refractivity (Wildman–Crippen MR) is 91.7 cm³/mol. The van der Waals surface area contributed by atoms with Crippen molar-refractivity contribution in [1.29, 1.82) is 0 Å². The van der Waals surface area contributed by atoms with Gasteiger partial charge in [-0.25, -0.2) is 13.1 Å². The lowest BCUT2D eigenvalue weighted by atomic mass is 10.2. The lowest BCUT2D eigenvalue weighted by molar-refractivity contribution is 0.581. The fourth-order valence-corrected chi connectivity index (χ4v) is 5.06. The van der Waals surface area contributed by atoms with E-state index < -0.39 is 10.0 Å². The fraction of sp³-hybridized carbons (Fsp3) is 0.0769. The van der Waals surface area contributed by atoms with Gasteiger partial charge in [-0.1, -0.05) is 39.7 Å². The van der Waals surface area contributed by atoms with Crippen LogP contribution in [0.1, 0.15) is 5.56 Å². The van der Waals surface area contributed by atoms with Gasteiger partial charge in [0.1, 0.15) is 4.90 Å². The summed E-state index contributed by atoms with van der Waals surface area (Å²) in [7, 11) is -3.74. The summed E-state index contributed by atoms with van der Waals surface area (Å²) in [6.45, 7) is 0.130. The van der Waals surface area contributed by atoms with Gasteiger partial charge in [-0.15, -0.1) is 0 Å². The number of sulfonamides is 1. The molecule has 112 valence electrons. The predicted octanol–water partition coefficient (Wildman–Crippen LogP) is 3.93. The van der Waals surface area contributed by atoms with Gasteiger partial charge in [0.15, 0.2) is 0 Å². The van der Waals surface area contributed by atoms with E-state index >= 15 is 0 Å². The van der Waals surface area contributed by atoms with Gasteiger partial charge in [-0.2, -0.15) is 0 Å². The van der Waals surface area contributed by atoms with Crippen LogP contribution in [0.4, 0.5) is 5.69 Å². The third kappa shape index (κ3) is 4.20. The minimum atomic E-state index is -3.74. The molecular weight excluding hydrogens is 443 g/mol. The van der Waals surface area contributed by atoms with Crippen LogP contribution >= 0.6 is 43.5 Å². The molecule has 0 aromatic heterocycles. The van der Waals surface area contributed by atoms with Crippen LogP contribution in [0.5, 0.6) is 0 Å². The average molecular weight is 455 g/mol. The quantitative estimate of drug-likeness (QED) is 0.688. The van der Waals surface area contributed by atoms with Crippen molar-refractivity contribution in [2.45, 2.75) is 11.4 Å². The van der Waals surface area contributed by atoms with E-state index in [-0.39, 0.29) is 17.1 Å². The van der Waals surface area contributed by atoms with Crippen LogP contribution in [0.3, 0.4) is 0 Å². The molecule has 8 heteroatoms. The number of hydrogen-bond acceptors (Lipinski definition) is 3. The van der Waals surface area contributed by atoms with E-state index in [4.69, 9.17) is 17.3 Å². The van der Waals surface area contributed by atoms with Crippen LogP contribution in [0, 0.1) is 0 Å². The number of anilines is 1. The topological polar surface area (TPSA) is 72.2 Å². The SMILES string of the molecule is Nc1cc(Br)cc(Br)c1S(=O)(=O)NCc1cccc(Cl)c1. The molecule has 0 aliphatic carbocycles. The summed E-state index contributed by atoms with van der Waals surface area (Å²) < 4.78 is 28.3. The highest BCUT2D eigenvalue weighted by atomic mass is 79.9. The number of benzene rings is 2. The second kappa shape index (κ2) is 6.66. The lowest BCUT2D eigenvalue weighted by Gasteiger charge is -2.11. The molecule has 4 nitrogen and oxygen atoms in total. The first-order valence-corrected chi connectivity index (χ1v) is 9.23.